The van der Waals surface area contributed by atoms with Crippen LogP contribution in [0, 0.1) is 23.2 Å². The van der Waals surface area contributed by atoms with Gasteiger partial charge in [-0.2, -0.15) is 0 Å². The molecule has 0 spiro atoms. The molecule has 1 saturated carbocycles. The van der Waals surface area contributed by atoms with Crippen molar-refractivity contribution in [1.82, 2.24) is 0 Å². The number of rotatable bonds is 0. The molecule has 2 aliphatic rings. The Bertz CT molecular complexity index is 272. The van der Waals surface area contributed by atoms with Crippen molar-refractivity contribution < 1.29 is 0 Å². The van der Waals surface area contributed by atoms with Crippen LogP contribution < -0.4 is 0 Å². The average molecular weight is 205 g/mol. The summed E-state index contributed by atoms with van der Waals surface area (Å²) >= 11 is 0. The zero-order valence-corrected chi connectivity index (χ0v) is 10.8. The Labute approximate surface area is 95.1 Å². The molecule has 84 valence electrons. The van der Waals surface area contributed by atoms with Gasteiger partial charge >= 0.3 is 0 Å². The van der Waals surface area contributed by atoms with Crippen molar-refractivity contribution in [2.75, 3.05) is 0 Å². The second-order valence-corrected chi connectivity index (χ2v) is 6.72. The second-order valence-electron chi connectivity index (χ2n) is 6.72. The van der Waals surface area contributed by atoms with Gasteiger partial charge in [0.1, 0.15) is 11.3 Å². The first-order valence-corrected chi connectivity index (χ1v) is 6.43. The Morgan fingerprint density at radius 3 is 2.80 bits per heavy atom. The Morgan fingerprint density at radius 1 is 1.33 bits per heavy atom. The lowest BCUT2D eigenvalue weighted by molar-refractivity contribution is 0.234. The summed E-state index contributed by atoms with van der Waals surface area (Å²) < 4.78 is 0. The normalized spacial score (nSPS) is 43.2. The fraction of sp³-hybridized carbons (Fsp3) is 0.800. The summed E-state index contributed by atoms with van der Waals surface area (Å²) in [5, 5.41) is 0. The van der Waals surface area contributed by atoms with E-state index in [9.17, 15) is 0 Å². The molecule has 0 amide bonds. The van der Waals surface area contributed by atoms with Gasteiger partial charge in [0.2, 0.25) is 0 Å². The lowest BCUT2D eigenvalue weighted by atomic mass is 9.77. The van der Waals surface area contributed by atoms with E-state index in [2.05, 4.69) is 40.2 Å². The van der Waals surface area contributed by atoms with Crippen molar-refractivity contribution in [3.63, 3.8) is 0 Å². The summed E-state index contributed by atoms with van der Waals surface area (Å²) in [5.41, 5.74) is 2.65. The van der Waals surface area contributed by atoms with Gasteiger partial charge in [-0.3, -0.25) is 0 Å². The quantitative estimate of drug-likeness (QED) is 0.395. The third kappa shape index (κ3) is 2.24. The topological polar surface area (TPSA) is 0 Å². The SMILES string of the molecule is C/C1=C\CC[C@]2(C)[CH+][C@@H](CC1)C(C)(C)C2. The van der Waals surface area contributed by atoms with Crippen LogP contribution in [0.3, 0.4) is 0 Å². The molecule has 0 heterocycles. The van der Waals surface area contributed by atoms with Crippen molar-refractivity contribution in [1.29, 1.82) is 0 Å². The smallest absolute Gasteiger partial charge is 0.0854 e. The highest BCUT2D eigenvalue weighted by molar-refractivity contribution is 5.12. The van der Waals surface area contributed by atoms with E-state index in [-0.39, 0.29) is 0 Å². The van der Waals surface area contributed by atoms with Crippen molar-refractivity contribution in [3.05, 3.63) is 18.1 Å². The van der Waals surface area contributed by atoms with Gasteiger partial charge in [-0.15, -0.1) is 0 Å². The van der Waals surface area contributed by atoms with Gasteiger partial charge in [0, 0.05) is 11.8 Å². The van der Waals surface area contributed by atoms with E-state index in [1.807, 2.05) is 0 Å². The van der Waals surface area contributed by atoms with Crippen LogP contribution in [0.15, 0.2) is 11.6 Å². The molecule has 0 unspecified atom stereocenters. The number of allylic oxidation sites excluding steroid dienone is 2. The Morgan fingerprint density at radius 2 is 2.07 bits per heavy atom. The van der Waals surface area contributed by atoms with Crippen LogP contribution in [0.4, 0.5) is 0 Å². The first kappa shape index (κ1) is 11.1. The second kappa shape index (κ2) is 3.57. The molecule has 2 bridgehead atoms. The minimum Gasteiger partial charge on any atom is -0.0854 e. The van der Waals surface area contributed by atoms with Crippen molar-refractivity contribution in [3.8, 4) is 0 Å². The minimum absolute atomic E-state index is 0.509. The van der Waals surface area contributed by atoms with Crippen molar-refractivity contribution in [2.24, 2.45) is 16.7 Å². The molecule has 0 aromatic heterocycles. The standard InChI is InChI=1S/C15H25/c1-12-6-5-9-15(4)10-13(8-7-12)14(2,3)11-15/h6,10,13H,5,7-9,11H2,1-4H3/q+1/b12-6+/t13-,15-/m1/s1. The first-order valence-electron chi connectivity index (χ1n) is 6.43. The summed E-state index contributed by atoms with van der Waals surface area (Å²) in [7, 11) is 0. The third-order valence-electron chi connectivity index (χ3n) is 4.52. The molecule has 2 rings (SSSR count). The maximum Gasteiger partial charge on any atom is 0.106 e. The van der Waals surface area contributed by atoms with E-state index in [1.165, 1.54) is 32.1 Å². The molecule has 0 aliphatic heterocycles. The van der Waals surface area contributed by atoms with E-state index >= 15 is 0 Å². The summed E-state index contributed by atoms with van der Waals surface area (Å²) in [4.78, 5) is 0. The molecule has 0 nitrogen and oxygen atoms in total. The Balaban J connectivity index is 2.20. The largest absolute Gasteiger partial charge is 0.106 e. The molecule has 1 fully saturated rings. The third-order valence-corrected chi connectivity index (χ3v) is 4.52. The molecule has 0 radical (unpaired) electrons. The summed E-state index contributed by atoms with van der Waals surface area (Å²) in [5.74, 6) is 0.837. The van der Waals surface area contributed by atoms with Crippen LogP contribution >= 0.6 is 0 Å². The van der Waals surface area contributed by atoms with E-state index in [4.69, 9.17) is 0 Å². The number of hydrogen-bond acceptors (Lipinski definition) is 0. The van der Waals surface area contributed by atoms with Crippen LogP contribution in [0.1, 0.15) is 59.8 Å². The lowest BCUT2D eigenvalue weighted by Gasteiger charge is -2.23. The number of hydrogen-bond donors (Lipinski definition) is 0. The molecule has 0 heteroatoms. The van der Waals surface area contributed by atoms with E-state index in [1.54, 1.807) is 5.57 Å². The van der Waals surface area contributed by atoms with Gasteiger partial charge in [-0.1, -0.05) is 25.5 Å². The molecular weight excluding hydrogens is 180 g/mol. The van der Waals surface area contributed by atoms with Crippen molar-refractivity contribution >= 4 is 0 Å². The summed E-state index contributed by atoms with van der Waals surface area (Å²) in [6, 6.07) is 0. The van der Waals surface area contributed by atoms with Gasteiger partial charge in [0.15, 0.2) is 0 Å². The predicted octanol–water partition coefficient (Wildman–Crippen LogP) is 4.76. The maximum absolute atomic E-state index is 2.68. The molecular formula is C15H25+. The number of fused-ring (bicyclic) bond motifs is 2. The molecule has 0 aromatic rings. The van der Waals surface area contributed by atoms with E-state index in [0.717, 1.165) is 5.92 Å². The zero-order chi connectivity index (χ0) is 11.1. The van der Waals surface area contributed by atoms with Gasteiger partial charge in [0.25, 0.3) is 0 Å². The summed E-state index contributed by atoms with van der Waals surface area (Å²) in [6.07, 6.45) is 11.8. The highest BCUT2D eigenvalue weighted by Crippen LogP contribution is 2.56. The molecule has 0 N–H and O–H groups in total. The molecule has 2 aliphatic carbocycles. The van der Waals surface area contributed by atoms with Gasteiger partial charge in [-0.25, -0.2) is 0 Å². The molecule has 15 heavy (non-hydrogen) atoms. The molecule has 0 saturated heterocycles. The molecule has 0 aromatic carbocycles. The van der Waals surface area contributed by atoms with Crippen LogP contribution in [0.2, 0.25) is 0 Å². The fourth-order valence-corrected chi connectivity index (χ4v) is 3.72. The minimum atomic E-state index is 0.509. The lowest BCUT2D eigenvalue weighted by Crippen LogP contribution is -2.18. The Kier molecular flexibility index (Phi) is 2.65. The van der Waals surface area contributed by atoms with Crippen LogP contribution in [-0.2, 0) is 0 Å². The highest BCUT2D eigenvalue weighted by Gasteiger charge is 2.54. The van der Waals surface area contributed by atoms with Gasteiger partial charge < -0.3 is 0 Å². The predicted molar refractivity (Wildman–Crippen MR) is 66.5 cm³/mol. The Hall–Kier alpha value is -0.390. The summed E-state index contributed by atoms with van der Waals surface area (Å²) in [6.45, 7) is 9.68. The maximum atomic E-state index is 2.68. The fourth-order valence-electron chi connectivity index (χ4n) is 3.72. The van der Waals surface area contributed by atoms with Gasteiger partial charge in [0.05, 0.1) is 6.42 Å². The molecule has 2 atom stereocenters. The van der Waals surface area contributed by atoms with E-state index in [0.29, 0.717) is 10.8 Å². The van der Waals surface area contributed by atoms with Crippen LogP contribution in [-0.4, -0.2) is 0 Å². The van der Waals surface area contributed by atoms with Crippen LogP contribution in [0.25, 0.3) is 0 Å². The van der Waals surface area contributed by atoms with Gasteiger partial charge in [-0.05, 0) is 39.5 Å². The van der Waals surface area contributed by atoms with Crippen molar-refractivity contribution in [2.45, 2.75) is 59.8 Å². The monoisotopic (exact) mass is 205 g/mol. The zero-order valence-electron chi connectivity index (χ0n) is 10.8. The first-order chi connectivity index (χ1) is 6.91. The van der Waals surface area contributed by atoms with E-state index < -0.39 is 0 Å². The average Bonchev–Trinajstić information content (AvgIpc) is 2.35. The van der Waals surface area contributed by atoms with Crippen LogP contribution in [0.5, 0.6) is 0 Å². The highest BCUT2D eigenvalue weighted by atomic mass is 14.5.